The van der Waals surface area contributed by atoms with Gasteiger partial charge in [0.1, 0.15) is 10.7 Å². The second kappa shape index (κ2) is 6.30. The number of pyridine rings is 1. The van der Waals surface area contributed by atoms with Crippen LogP contribution in [0.3, 0.4) is 0 Å². The fourth-order valence-corrected chi connectivity index (χ4v) is 4.48. The molecule has 1 saturated carbocycles. The summed E-state index contributed by atoms with van der Waals surface area (Å²) < 4.78 is 27.2. The molecule has 1 heterocycles. The quantitative estimate of drug-likeness (QED) is 0.541. The Morgan fingerprint density at radius 3 is 2.60 bits per heavy atom. The van der Waals surface area contributed by atoms with E-state index in [1.54, 1.807) is 11.8 Å². The molecule has 0 aromatic carbocycles. The maximum Gasteiger partial charge on any atom is 0.242 e. The largest absolute Gasteiger partial charge is 0.308 e. The minimum absolute atomic E-state index is 0.0409. The number of aromatic nitrogens is 1. The van der Waals surface area contributed by atoms with Crippen LogP contribution < -0.4 is 16.0 Å². The highest BCUT2D eigenvalue weighted by atomic mass is 32.2. The minimum atomic E-state index is -3.52. The lowest BCUT2D eigenvalue weighted by Crippen LogP contribution is -2.38. The van der Waals surface area contributed by atoms with Crippen molar-refractivity contribution in [2.45, 2.75) is 35.3 Å². The van der Waals surface area contributed by atoms with Crippen molar-refractivity contribution in [1.82, 2.24) is 9.71 Å². The normalized spacial score (nSPS) is 18.1. The average Bonchev–Trinajstić information content (AvgIpc) is 2.95. The lowest BCUT2D eigenvalue weighted by molar-refractivity contribution is 0.551. The van der Waals surface area contributed by atoms with Gasteiger partial charge < -0.3 is 5.43 Å². The molecule has 0 saturated heterocycles. The zero-order valence-corrected chi connectivity index (χ0v) is 13.1. The molecule has 4 N–H and O–H groups in total. The van der Waals surface area contributed by atoms with Crippen molar-refractivity contribution in [3.63, 3.8) is 0 Å². The van der Waals surface area contributed by atoms with Crippen LogP contribution in [0.5, 0.6) is 0 Å². The Hall–Kier alpha value is -0.830. The molecule has 20 heavy (non-hydrogen) atoms. The average molecular weight is 316 g/mol. The smallest absolute Gasteiger partial charge is 0.242 e. The fourth-order valence-electron chi connectivity index (χ4n) is 2.41. The molecule has 112 valence electrons. The van der Waals surface area contributed by atoms with Crippen LogP contribution >= 0.6 is 11.8 Å². The van der Waals surface area contributed by atoms with Gasteiger partial charge in [-0.3, -0.25) is 0 Å². The fraction of sp³-hybridized carbons (Fsp3) is 0.583. The Balaban J connectivity index is 2.06. The molecule has 0 bridgehead atoms. The molecule has 6 nitrogen and oxygen atoms in total. The van der Waals surface area contributed by atoms with E-state index in [-0.39, 0.29) is 9.64 Å². The number of thioether (sulfide) groups is 1. The lowest BCUT2D eigenvalue weighted by Gasteiger charge is -2.26. The SMILES string of the molecule is CSC1(CNS(=O)(=O)c2ccc(NN)nc2)CCCC1. The minimum Gasteiger partial charge on any atom is -0.308 e. The first kappa shape index (κ1) is 15.6. The lowest BCUT2D eigenvalue weighted by atomic mass is 10.1. The van der Waals surface area contributed by atoms with Crippen LogP contribution in [0, 0.1) is 0 Å². The van der Waals surface area contributed by atoms with E-state index in [0.29, 0.717) is 12.4 Å². The molecule has 0 aliphatic heterocycles. The van der Waals surface area contributed by atoms with Crippen molar-refractivity contribution in [1.29, 1.82) is 0 Å². The van der Waals surface area contributed by atoms with Crippen LogP contribution in [0.15, 0.2) is 23.2 Å². The van der Waals surface area contributed by atoms with Crippen molar-refractivity contribution in [3.8, 4) is 0 Å². The van der Waals surface area contributed by atoms with Gasteiger partial charge in [0.25, 0.3) is 0 Å². The van der Waals surface area contributed by atoms with Gasteiger partial charge in [-0.25, -0.2) is 24.0 Å². The zero-order chi connectivity index (χ0) is 14.6. The Bertz CT molecular complexity index is 539. The number of nitrogen functional groups attached to an aromatic ring is 1. The van der Waals surface area contributed by atoms with Crippen molar-refractivity contribution < 1.29 is 8.42 Å². The summed E-state index contributed by atoms with van der Waals surface area (Å²) in [5.41, 5.74) is 2.37. The van der Waals surface area contributed by atoms with Crippen LogP contribution in [0.1, 0.15) is 25.7 Å². The maximum absolute atomic E-state index is 12.2. The van der Waals surface area contributed by atoms with E-state index in [4.69, 9.17) is 5.84 Å². The summed E-state index contributed by atoms with van der Waals surface area (Å²) in [5, 5.41) is 0. The molecule has 0 spiro atoms. The molecule has 1 aliphatic carbocycles. The van der Waals surface area contributed by atoms with Gasteiger partial charge in [0.05, 0.1) is 0 Å². The van der Waals surface area contributed by atoms with Gasteiger partial charge in [-0.15, -0.1) is 0 Å². The van der Waals surface area contributed by atoms with Crippen molar-refractivity contribution in [2.75, 3.05) is 18.2 Å². The Labute approximate surface area is 123 Å². The Morgan fingerprint density at radius 2 is 2.10 bits per heavy atom. The predicted molar refractivity (Wildman–Crippen MR) is 81.9 cm³/mol. The topological polar surface area (TPSA) is 97.1 Å². The molecule has 0 amide bonds. The zero-order valence-electron chi connectivity index (χ0n) is 11.4. The molecule has 1 aliphatic rings. The standard InChI is InChI=1S/C12H20N4O2S2/c1-19-12(6-2-3-7-12)9-15-20(17,18)10-4-5-11(16-13)14-8-10/h4-5,8,15H,2-3,6-7,9,13H2,1H3,(H,14,16). The second-order valence-corrected chi connectivity index (χ2v) is 7.98. The van der Waals surface area contributed by atoms with E-state index in [9.17, 15) is 8.42 Å². The highest BCUT2D eigenvalue weighted by Gasteiger charge is 2.34. The molecule has 1 aromatic heterocycles. The van der Waals surface area contributed by atoms with Gasteiger partial charge in [-0.1, -0.05) is 12.8 Å². The number of nitrogens with one attached hydrogen (secondary N) is 2. The third-order valence-electron chi connectivity index (χ3n) is 3.73. The Morgan fingerprint density at radius 1 is 1.40 bits per heavy atom. The summed E-state index contributed by atoms with van der Waals surface area (Å²) in [6, 6.07) is 3.03. The summed E-state index contributed by atoms with van der Waals surface area (Å²) in [5.74, 6) is 5.64. The van der Waals surface area contributed by atoms with E-state index >= 15 is 0 Å². The monoisotopic (exact) mass is 316 g/mol. The molecule has 0 unspecified atom stereocenters. The molecule has 8 heteroatoms. The number of nitrogens with two attached hydrogens (primary N) is 1. The van der Waals surface area contributed by atoms with E-state index in [1.165, 1.54) is 31.2 Å². The summed E-state index contributed by atoms with van der Waals surface area (Å²) in [4.78, 5) is 4.08. The van der Waals surface area contributed by atoms with Crippen molar-refractivity contribution in [3.05, 3.63) is 18.3 Å². The van der Waals surface area contributed by atoms with E-state index in [0.717, 1.165) is 12.8 Å². The van der Waals surface area contributed by atoms with Crippen LogP contribution in [-0.2, 0) is 10.0 Å². The van der Waals surface area contributed by atoms with Gasteiger partial charge in [0, 0.05) is 17.5 Å². The number of hydrogen-bond acceptors (Lipinski definition) is 6. The first-order valence-corrected chi connectivity index (χ1v) is 9.20. The summed E-state index contributed by atoms with van der Waals surface area (Å²) in [7, 11) is -3.52. The van der Waals surface area contributed by atoms with Gasteiger partial charge >= 0.3 is 0 Å². The number of sulfonamides is 1. The van der Waals surface area contributed by atoms with Crippen LogP contribution in [0.4, 0.5) is 5.82 Å². The number of hydrogen-bond donors (Lipinski definition) is 3. The third-order valence-corrected chi connectivity index (χ3v) is 6.53. The van der Waals surface area contributed by atoms with Crippen molar-refractivity contribution in [2.24, 2.45) is 5.84 Å². The van der Waals surface area contributed by atoms with Gasteiger partial charge in [0.2, 0.25) is 10.0 Å². The summed E-state index contributed by atoms with van der Waals surface area (Å²) in [6.45, 7) is 0.466. The first-order valence-electron chi connectivity index (χ1n) is 6.49. The summed E-state index contributed by atoms with van der Waals surface area (Å²) in [6.07, 6.45) is 7.80. The Kier molecular flexibility index (Phi) is 4.90. The van der Waals surface area contributed by atoms with Crippen LogP contribution in [0.2, 0.25) is 0 Å². The van der Waals surface area contributed by atoms with E-state index < -0.39 is 10.0 Å². The number of hydrazine groups is 1. The van der Waals surface area contributed by atoms with Crippen molar-refractivity contribution >= 4 is 27.6 Å². The molecular formula is C12H20N4O2S2. The maximum atomic E-state index is 12.2. The van der Waals surface area contributed by atoms with Gasteiger partial charge in [0.15, 0.2) is 0 Å². The highest BCUT2D eigenvalue weighted by Crippen LogP contribution is 2.39. The van der Waals surface area contributed by atoms with Crippen LogP contribution in [-0.4, -0.2) is 30.9 Å². The third kappa shape index (κ3) is 3.43. The number of nitrogens with zero attached hydrogens (tertiary/aromatic N) is 1. The summed E-state index contributed by atoms with van der Waals surface area (Å²) >= 11 is 1.75. The van der Waals surface area contributed by atoms with Crippen LogP contribution in [0.25, 0.3) is 0 Å². The molecule has 1 fully saturated rings. The molecule has 0 atom stereocenters. The highest BCUT2D eigenvalue weighted by molar-refractivity contribution is 8.00. The molecule has 0 radical (unpaired) electrons. The first-order chi connectivity index (χ1) is 9.51. The van der Waals surface area contributed by atoms with E-state index in [2.05, 4.69) is 15.1 Å². The van der Waals surface area contributed by atoms with E-state index in [1.807, 2.05) is 6.26 Å². The number of anilines is 1. The number of rotatable bonds is 6. The molecular weight excluding hydrogens is 296 g/mol. The predicted octanol–water partition coefficient (Wildman–Crippen LogP) is 1.32. The second-order valence-electron chi connectivity index (χ2n) is 4.94. The molecule has 1 aromatic rings. The van der Waals surface area contributed by atoms with Gasteiger partial charge in [-0.2, -0.15) is 11.8 Å². The van der Waals surface area contributed by atoms with Gasteiger partial charge in [-0.05, 0) is 31.2 Å². The molecule has 2 rings (SSSR count).